The molecule has 3 aromatic carbocycles. The summed E-state index contributed by atoms with van der Waals surface area (Å²) < 4.78 is 0. The predicted octanol–water partition coefficient (Wildman–Crippen LogP) is 3.59. The zero-order valence-electron chi connectivity index (χ0n) is 25.7. The quantitative estimate of drug-likeness (QED) is 0.256. The number of benzene rings is 3. The van der Waals surface area contributed by atoms with E-state index in [0.717, 1.165) is 48.9 Å². The van der Waals surface area contributed by atoms with Crippen molar-refractivity contribution in [3.05, 3.63) is 108 Å². The van der Waals surface area contributed by atoms with Gasteiger partial charge in [-0.2, -0.15) is 0 Å². The van der Waals surface area contributed by atoms with Gasteiger partial charge in [0, 0.05) is 6.04 Å². The second-order valence-electron chi connectivity index (χ2n) is 12.0. The van der Waals surface area contributed by atoms with Crippen LogP contribution in [0.5, 0.6) is 0 Å². The molecule has 2 heterocycles. The van der Waals surface area contributed by atoms with E-state index in [-0.39, 0.29) is 35.7 Å². The fourth-order valence-electron chi connectivity index (χ4n) is 6.83. The molecule has 0 spiro atoms. The highest BCUT2D eigenvalue weighted by Gasteiger charge is 2.47. The van der Waals surface area contributed by atoms with Crippen molar-refractivity contribution in [2.45, 2.75) is 68.7 Å². The molecule has 2 fully saturated rings. The van der Waals surface area contributed by atoms with Crippen molar-refractivity contribution >= 4 is 17.7 Å². The van der Waals surface area contributed by atoms with Gasteiger partial charge in [-0.25, -0.2) is 0 Å². The second-order valence-corrected chi connectivity index (χ2v) is 12.0. The van der Waals surface area contributed by atoms with Crippen LogP contribution >= 0.6 is 0 Å². The molecule has 3 amide bonds. The van der Waals surface area contributed by atoms with Crippen LogP contribution in [0.25, 0.3) is 0 Å². The molecular weight excluding hydrogens is 550 g/mol. The number of nitrogens with zero attached hydrogens (tertiary/aromatic N) is 1. The van der Waals surface area contributed by atoms with E-state index in [4.69, 9.17) is 0 Å². The number of carbonyl (C=O) groups excluding carboxylic acids is 3. The first-order valence-electron chi connectivity index (χ1n) is 15.9. The average Bonchev–Trinajstić information content (AvgIpc) is 3.45. The monoisotopic (exact) mass is 595 g/mol. The Morgan fingerprint density at radius 2 is 1.41 bits per heavy atom. The Morgan fingerprint density at radius 1 is 0.818 bits per heavy atom. The molecule has 3 aromatic rings. The Labute approximate surface area is 261 Å². The first kappa shape index (κ1) is 31.4. The molecule has 4 N–H and O–H groups in total. The number of fused-ring (bicyclic) bond motifs is 1. The van der Waals surface area contributed by atoms with E-state index in [2.05, 4.69) is 21.3 Å². The summed E-state index contributed by atoms with van der Waals surface area (Å²) in [5.74, 6) is -0.528. The van der Waals surface area contributed by atoms with Crippen LogP contribution in [-0.4, -0.2) is 67.4 Å². The Hall–Kier alpha value is -4.01. The topological polar surface area (TPSA) is 103 Å². The Balaban J connectivity index is 1.37. The van der Waals surface area contributed by atoms with Gasteiger partial charge in [0.2, 0.25) is 17.7 Å². The van der Waals surface area contributed by atoms with E-state index < -0.39 is 18.1 Å². The third kappa shape index (κ3) is 7.37. The minimum absolute atomic E-state index is 0.0199. The van der Waals surface area contributed by atoms with Crippen molar-refractivity contribution in [2.24, 2.45) is 5.92 Å². The molecule has 5 rings (SSSR count). The number of rotatable bonds is 12. The fraction of sp³-hybridized carbons (Fsp3) is 0.417. The third-order valence-corrected chi connectivity index (χ3v) is 9.23. The highest BCUT2D eigenvalue weighted by Crippen LogP contribution is 2.35. The van der Waals surface area contributed by atoms with Gasteiger partial charge in [-0.05, 0) is 81.8 Å². The largest absolute Gasteiger partial charge is 0.343 e. The number of nitrogens with one attached hydrogen (secondary N) is 4. The van der Waals surface area contributed by atoms with Gasteiger partial charge in [-0.1, -0.05) is 91.0 Å². The molecule has 2 saturated heterocycles. The van der Waals surface area contributed by atoms with Gasteiger partial charge in [0.25, 0.3) is 0 Å². The predicted molar refractivity (Wildman–Crippen MR) is 173 cm³/mol. The molecule has 0 saturated carbocycles. The maximum absolute atomic E-state index is 14.4. The van der Waals surface area contributed by atoms with Crippen molar-refractivity contribution in [2.75, 3.05) is 20.6 Å². The van der Waals surface area contributed by atoms with Crippen LogP contribution in [0.1, 0.15) is 54.8 Å². The summed E-state index contributed by atoms with van der Waals surface area (Å²) in [4.78, 5) is 43.9. The molecule has 0 aliphatic carbocycles. The molecule has 8 heteroatoms. The van der Waals surface area contributed by atoms with Crippen LogP contribution in [0.4, 0.5) is 0 Å². The van der Waals surface area contributed by atoms with Crippen molar-refractivity contribution in [1.29, 1.82) is 0 Å². The smallest absolute Gasteiger partial charge is 0.246 e. The van der Waals surface area contributed by atoms with Gasteiger partial charge in [0.05, 0.1) is 12.1 Å². The van der Waals surface area contributed by atoms with E-state index in [1.165, 1.54) is 0 Å². The molecule has 2 aliphatic rings. The third-order valence-electron chi connectivity index (χ3n) is 9.23. The van der Waals surface area contributed by atoms with E-state index in [0.29, 0.717) is 12.8 Å². The highest BCUT2D eigenvalue weighted by atomic mass is 16.2. The van der Waals surface area contributed by atoms with E-state index in [9.17, 15) is 14.4 Å². The summed E-state index contributed by atoms with van der Waals surface area (Å²) in [5, 5.41) is 12.8. The summed E-state index contributed by atoms with van der Waals surface area (Å²) in [5.41, 5.74) is 3.01. The second kappa shape index (κ2) is 15.1. The highest BCUT2D eigenvalue weighted by molar-refractivity contribution is 5.94. The Kier molecular flexibility index (Phi) is 10.8. The normalized spacial score (nSPS) is 22.2. The Bertz CT molecular complexity index is 1330. The van der Waals surface area contributed by atoms with Gasteiger partial charge >= 0.3 is 0 Å². The molecule has 232 valence electrons. The average molecular weight is 596 g/mol. The minimum atomic E-state index is -0.695. The Morgan fingerprint density at radius 3 is 2.00 bits per heavy atom. The van der Waals surface area contributed by atoms with E-state index in [1.54, 1.807) is 11.9 Å². The summed E-state index contributed by atoms with van der Waals surface area (Å²) in [7, 11) is 3.67. The summed E-state index contributed by atoms with van der Waals surface area (Å²) >= 11 is 0. The van der Waals surface area contributed by atoms with Crippen molar-refractivity contribution in [3.63, 3.8) is 0 Å². The first-order valence-corrected chi connectivity index (χ1v) is 15.9. The van der Waals surface area contributed by atoms with Crippen LogP contribution in [0, 0.1) is 5.92 Å². The standard InChI is InChI=1S/C36H45N5O3/c1-37-23-22-28-18-19-29-20-21-31(35(43)39-32(26-14-8-4-9-15-26)27-16-10-5-11-17-27)41(29)36(44)33(28)40-34(42)30(38-2)24-25-12-6-3-7-13-25/h3-17,28-33,37-38H,18-24H2,1-2H3,(H,39,43)(H,40,42)/t28-,29+,30-,31+,33+/m1/s1. The van der Waals surface area contributed by atoms with E-state index >= 15 is 0 Å². The zero-order chi connectivity index (χ0) is 30.9. The number of likely N-dealkylation sites (N-methyl/N-ethyl adjacent to an activating group) is 1. The molecule has 8 nitrogen and oxygen atoms in total. The van der Waals surface area contributed by atoms with E-state index in [1.807, 2.05) is 98.0 Å². The summed E-state index contributed by atoms with van der Waals surface area (Å²) in [6.07, 6.45) is 4.29. The number of carbonyl (C=O) groups is 3. The van der Waals surface area contributed by atoms with Gasteiger partial charge in [0.15, 0.2) is 0 Å². The SMILES string of the molecule is CNCC[C@H]1CC[C@H]2CC[C@@H](C(=O)NC(c3ccccc3)c3ccccc3)N2C(=O)[C@H]1NC(=O)[C@@H](Cc1ccccc1)NC. The van der Waals surface area contributed by atoms with Crippen LogP contribution < -0.4 is 21.3 Å². The number of amides is 3. The molecule has 0 bridgehead atoms. The molecule has 44 heavy (non-hydrogen) atoms. The van der Waals surface area contributed by atoms with Gasteiger partial charge < -0.3 is 26.2 Å². The van der Waals surface area contributed by atoms with Crippen LogP contribution in [-0.2, 0) is 20.8 Å². The maximum atomic E-state index is 14.4. The molecule has 2 aliphatic heterocycles. The van der Waals surface area contributed by atoms with Crippen LogP contribution in [0.15, 0.2) is 91.0 Å². The van der Waals surface area contributed by atoms with Crippen LogP contribution in [0.2, 0.25) is 0 Å². The lowest BCUT2D eigenvalue weighted by atomic mass is 9.90. The zero-order valence-corrected chi connectivity index (χ0v) is 25.7. The van der Waals surface area contributed by atoms with Gasteiger partial charge in [0.1, 0.15) is 12.1 Å². The number of hydrogen-bond acceptors (Lipinski definition) is 5. The van der Waals surface area contributed by atoms with Crippen molar-refractivity contribution in [3.8, 4) is 0 Å². The molecular formula is C36H45N5O3. The molecule has 0 radical (unpaired) electrons. The molecule has 5 atom stereocenters. The summed E-state index contributed by atoms with van der Waals surface area (Å²) in [6.45, 7) is 0.744. The molecule has 0 aromatic heterocycles. The van der Waals surface area contributed by atoms with Gasteiger partial charge in [-0.15, -0.1) is 0 Å². The lowest BCUT2D eigenvalue weighted by molar-refractivity contribution is -0.143. The first-order chi connectivity index (χ1) is 21.5. The fourth-order valence-corrected chi connectivity index (χ4v) is 6.83. The lowest BCUT2D eigenvalue weighted by Gasteiger charge is -2.33. The molecule has 0 unspecified atom stereocenters. The lowest BCUT2D eigenvalue weighted by Crippen LogP contribution is -2.58. The van der Waals surface area contributed by atoms with Crippen molar-refractivity contribution < 1.29 is 14.4 Å². The summed E-state index contributed by atoms with van der Waals surface area (Å²) in [6, 6.07) is 27.6. The van der Waals surface area contributed by atoms with Crippen molar-refractivity contribution in [1.82, 2.24) is 26.2 Å². The van der Waals surface area contributed by atoms with Crippen LogP contribution in [0.3, 0.4) is 0 Å². The maximum Gasteiger partial charge on any atom is 0.246 e. The van der Waals surface area contributed by atoms with Gasteiger partial charge in [-0.3, -0.25) is 14.4 Å². The minimum Gasteiger partial charge on any atom is -0.343 e. The number of hydrogen-bond donors (Lipinski definition) is 4.